The number of carbonyl (C=O) groups is 2. The molecule has 0 unspecified atom stereocenters. The lowest BCUT2D eigenvalue weighted by Crippen LogP contribution is -2.42. The van der Waals surface area contributed by atoms with E-state index in [0.29, 0.717) is 28.8 Å². The van der Waals surface area contributed by atoms with E-state index in [-0.39, 0.29) is 11.4 Å². The molecule has 9 heteroatoms. The zero-order valence-electron chi connectivity index (χ0n) is 18.2. The van der Waals surface area contributed by atoms with Crippen LogP contribution in [0.15, 0.2) is 33.9 Å². The first-order valence-electron chi connectivity index (χ1n) is 10.4. The van der Waals surface area contributed by atoms with Crippen molar-refractivity contribution in [3.05, 3.63) is 67.5 Å². The van der Waals surface area contributed by atoms with Crippen LogP contribution in [0.3, 0.4) is 0 Å². The summed E-state index contributed by atoms with van der Waals surface area (Å²) in [6.07, 6.45) is 2.45. The number of pyridine rings is 1. The number of ketones is 1. The van der Waals surface area contributed by atoms with E-state index in [1.54, 1.807) is 6.07 Å². The number of benzene rings is 1. The molecule has 1 aromatic carbocycles. The van der Waals surface area contributed by atoms with Crippen LogP contribution in [0.4, 0.5) is 5.82 Å². The number of aryl methyl sites for hydroxylation is 1. The third kappa shape index (κ3) is 3.49. The van der Waals surface area contributed by atoms with E-state index < -0.39 is 29.6 Å². The van der Waals surface area contributed by atoms with Crippen molar-refractivity contribution < 1.29 is 14.3 Å². The van der Waals surface area contributed by atoms with Crippen molar-refractivity contribution in [3.8, 4) is 0 Å². The van der Waals surface area contributed by atoms with Crippen LogP contribution in [0.25, 0.3) is 10.9 Å². The van der Waals surface area contributed by atoms with Crippen molar-refractivity contribution in [1.82, 2.24) is 14.1 Å². The van der Waals surface area contributed by atoms with Gasteiger partial charge in [0.2, 0.25) is 5.78 Å². The SMILES string of the molecule is C[C@@H]1CCc2nc3ccccc3c(C(=O)OCC(=O)c3c(N)n(C)c(=O)n(C)c3=O)c2C1. The van der Waals surface area contributed by atoms with Crippen molar-refractivity contribution in [2.45, 2.75) is 26.2 Å². The highest BCUT2D eigenvalue weighted by molar-refractivity contribution is 6.07. The molecular formula is C23H24N4O5. The average molecular weight is 436 g/mol. The second-order valence-electron chi connectivity index (χ2n) is 8.24. The zero-order valence-corrected chi connectivity index (χ0v) is 18.2. The Hall–Kier alpha value is -3.75. The predicted molar refractivity (Wildman–Crippen MR) is 119 cm³/mol. The lowest BCUT2D eigenvalue weighted by molar-refractivity contribution is 0.0474. The molecule has 0 amide bonds. The third-order valence-corrected chi connectivity index (χ3v) is 6.03. The maximum atomic E-state index is 13.2. The van der Waals surface area contributed by atoms with Crippen LogP contribution in [0.1, 0.15) is 45.3 Å². The number of hydrogen-bond donors (Lipinski definition) is 1. The minimum Gasteiger partial charge on any atom is -0.454 e. The van der Waals surface area contributed by atoms with Gasteiger partial charge >= 0.3 is 11.7 Å². The average Bonchev–Trinajstić information content (AvgIpc) is 2.78. The number of esters is 1. The van der Waals surface area contributed by atoms with E-state index in [9.17, 15) is 19.2 Å². The Morgan fingerprint density at radius 2 is 1.88 bits per heavy atom. The Kier molecular flexibility index (Phi) is 5.41. The van der Waals surface area contributed by atoms with E-state index in [2.05, 4.69) is 6.92 Å². The van der Waals surface area contributed by atoms with E-state index in [4.69, 9.17) is 15.5 Å². The van der Waals surface area contributed by atoms with Crippen molar-refractivity contribution in [2.24, 2.45) is 20.0 Å². The van der Waals surface area contributed by atoms with Gasteiger partial charge in [-0.15, -0.1) is 0 Å². The molecule has 32 heavy (non-hydrogen) atoms. The Labute approximate surface area is 183 Å². The molecule has 2 aromatic heterocycles. The summed E-state index contributed by atoms with van der Waals surface area (Å²) in [5.74, 6) is -1.29. The van der Waals surface area contributed by atoms with Gasteiger partial charge in [-0.1, -0.05) is 25.1 Å². The molecule has 2 heterocycles. The van der Waals surface area contributed by atoms with E-state index in [1.165, 1.54) is 14.1 Å². The number of rotatable bonds is 4. The van der Waals surface area contributed by atoms with Gasteiger partial charge in [0.15, 0.2) is 6.61 Å². The van der Waals surface area contributed by atoms with Crippen molar-refractivity contribution >= 4 is 28.5 Å². The van der Waals surface area contributed by atoms with Crippen LogP contribution in [-0.4, -0.2) is 32.5 Å². The first kappa shape index (κ1) is 21.5. The highest BCUT2D eigenvalue weighted by Crippen LogP contribution is 2.32. The van der Waals surface area contributed by atoms with Gasteiger partial charge in [0.05, 0.1) is 11.1 Å². The smallest absolute Gasteiger partial charge is 0.339 e. The standard InChI is InChI=1S/C23H24N4O5/c1-12-8-9-16-14(10-12)18(13-6-4-5-7-15(13)25-16)22(30)32-11-17(28)19-20(24)26(2)23(31)27(3)21(19)29/h4-7,12H,8-11,24H2,1-3H3/t12-/m1/s1. The molecule has 1 aliphatic carbocycles. The molecule has 3 aromatic rings. The molecule has 0 aliphatic heterocycles. The molecule has 0 fully saturated rings. The van der Waals surface area contributed by atoms with Crippen molar-refractivity contribution in [2.75, 3.05) is 12.3 Å². The van der Waals surface area contributed by atoms with Crippen LogP contribution in [0, 0.1) is 5.92 Å². The van der Waals surface area contributed by atoms with Gasteiger partial charge in [-0.3, -0.25) is 23.7 Å². The molecule has 2 N–H and O–H groups in total. The largest absolute Gasteiger partial charge is 0.454 e. The second-order valence-corrected chi connectivity index (χ2v) is 8.24. The fourth-order valence-electron chi connectivity index (χ4n) is 4.19. The molecule has 0 saturated heterocycles. The number of carbonyl (C=O) groups excluding carboxylic acids is 2. The summed E-state index contributed by atoms with van der Waals surface area (Å²) in [5.41, 5.74) is 6.80. The Morgan fingerprint density at radius 3 is 2.62 bits per heavy atom. The number of nitrogens with two attached hydrogens (primary N) is 1. The maximum absolute atomic E-state index is 13.2. The van der Waals surface area contributed by atoms with E-state index in [0.717, 1.165) is 33.2 Å². The molecule has 1 atom stereocenters. The lowest BCUT2D eigenvalue weighted by Gasteiger charge is -2.24. The molecule has 1 aliphatic rings. The summed E-state index contributed by atoms with van der Waals surface area (Å²) in [6.45, 7) is 1.45. The summed E-state index contributed by atoms with van der Waals surface area (Å²) in [7, 11) is 2.61. The van der Waals surface area contributed by atoms with Crippen LogP contribution in [-0.2, 0) is 31.7 Å². The topological polar surface area (TPSA) is 126 Å². The summed E-state index contributed by atoms with van der Waals surface area (Å²) in [4.78, 5) is 55.0. The third-order valence-electron chi connectivity index (χ3n) is 6.03. The second kappa shape index (κ2) is 8.07. The fraction of sp³-hybridized carbons (Fsp3) is 0.348. The molecule has 0 radical (unpaired) electrons. The van der Waals surface area contributed by atoms with Gasteiger partial charge in [-0.2, -0.15) is 0 Å². The van der Waals surface area contributed by atoms with E-state index >= 15 is 0 Å². The number of hydrogen-bond acceptors (Lipinski definition) is 7. The van der Waals surface area contributed by atoms with Crippen LogP contribution in [0.2, 0.25) is 0 Å². The Morgan fingerprint density at radius 1 is 1.16 bits per heavy atom. The number of aromatic nitrogens is 3. The van der Waals surface area contributed by atoms with Crippen molar-refractivity contribution in [1.29, 1.82) is 0 Å². The number of fused-ring (bicyclic) bond motifs is 2. The molecule has 166 valence electrons. The van der Waals surface area contributed by atoms with E-state index in [1.807, 2.05) is 18.2 Å². The molecule has 0 saturated carbocycles. The highest BCUT2D eigenvalue weighted by Gasteiger charge is 2.27. The minimum absolute atomic E-state index is 0.264. The fourth-order valence-corrected chi connectivity index (χ4v) is 4.19. The van der Waals surface area contributed by atoms with Crippen molar-refractivity contribution in [3.63, 3.8) is 0 Å². The number of para-hydroxylation sites is 1. The normalized spacial score (nSPS) is 15.4. The summed E-state index contributed by atoms with van der Waals surface area (Å²) in [5, 5.41) is 0.662. The number of nitrogen functional groups attached to an aromatic ring is 1. The monoisotopic (exact) mass is 436 g/mol. The molecular weight excluding hydrogens is 412 g/mol. The predicted octanol–water partition coefficient (Wildman–Crippen LogP) is 1.38. The van der Waals surface area contributed by atoms with Crippen LogP contribution in [0.5, 0.6) is 0 Å². The van der Waals surface area contributed by atoms with Crippen LogP contribution < -0.4 is 17.0 Å². The van der Waals surface area contributed by atoms with Crippen LogP contribution >= 0.6 is 0 Å². The van der Waals surface area contributed by atoms with Gasteiger partial charge in [0.1, 0.15) is 11.4 Å². The van der Waals surface area contributed by atoms with Gasteiger partial charge in [-0.05, 0) is 36.8 Å². The first-order valence-corrected chi connectivity index (χ1v) is 10.4. The molecule has 0 spiro atoms. The zero-order chi connectivity index (χ0) is 23.2. The quantitative estimate of drug-likeness (QED) is 0.484. The summed E-state index contributed by atoms with van der Waals surface area (Å²) < 4.78 is 7.16. The Balaban J connectivity index is 1.69. The molecule has 4 rings (SSSR count). The molecule has 0 bridgehead atoms. The van der Waals surface area contributed by atoms with Gasteiger partial charge in [0.25, 0.3) is 5.56 Å². The first-order chi connectivity index (χ1) is 15.2. The maximum Gasteiger partial charge on any atom is 0.339 e. The molecule has 9 nitrogen and oxygen atoms in total. The number of nitrogens with zero attached hydrogens (tertiary/aromatic N) is 3. The number of ether oxygens (including phenoxy) is 1. The minimum atomic E-state index is -0.827. The van der Waals surface area contributed by atoms with Gasteiger partial charge in [-0.25, -0.2) is 9.59 Å². The summed E-state index contributed by atoms with van der Waals surface area (Å²) in [6, 6.07) is 7.31. The lowest BCUT2D eigenvalue weighted by atomic mass is 9.84. The van der Waals surface area contributed by atoms with Gasteiger partial charge in [0, 0.05) is 25.2 Å². The van der Waals surface area contributed by atoms with Gasteiger partial charge < -0.3 is 10.5 Å². The highest BCUT2D eigenvalue weighted by atomic mass is 16.5. The Bertz CT molecular complexity index is 1390. The number of Topliss-reactive ketones (excluding diaryl/α,β-unsaturated/α-hetero) is 1. The number of anilines is 1. The summed E-state index contributed by atoms with van der Waals surface area (Å²) >= 11 is 0.